The largest absolute Gasteiger partial charge is 0.352 e. The second-order valence-electron chi connectivity index (χ2n) is 6.14. The van der Waals surface area contributed by atoms with Crippen molar-refractivity contribution in [3.63, 3.8) is 0 Å². The van der Waals surface area contributed by atoms with Gasteiger partial charge in [-0.05, 0) is 55.8 Å². The third-order valence-corrected chi connectivity index (χ3v) is 6.46. The fourth-order valence-corrected chi connectivity index (χ4v) is 4.82. The smallest absolute Gasteiger partial charge is 0.233 e. The molecule has 0 radical (unpaired) electrons. The summed E-state index contributed by atoms with van der Waals surface area (Å²) in [4.78, 5) is 11.9. The molecule has 1 amide bonds. The molecule has 96 valence electrons. The van der Waals surface area contributed by atoms with Crippen LogP contribution < -0.4 is 5.32 Å². The van der Waals surface area contributed by atoms with Gasteiger partial charge < -0.3 is 5.32 Å². The predicted octanol–water partition coefficient (Wildman–Crippen LogP) is 3.10. The van der Waals surface area contributed by atoms with Gasteiger partial charge in [-0.15, -0.1) is 0 Å². The first-order valence-electron chi connectivity index (χ1n) is 7.15. The van der Waals surface area contributed by atoms with Gasteiger partial charge in [0.05, 0.1) is 4.83 Å². The van der Waals surface area contributed by atoms with Crippen molar-refractivity contribution >= 4 is 21.8 Å². The molecule has 6 atom stereocenters. The van der Waals surface area contributed by atoms with Gasteiger partial charge in [0.25, 0.3) is 0 Å². The fraction of sp³-hybridized carbons (Fsp3) is 0.929. The zero-order valence-electron chi connectivity index (χ0n) is 10.5. The summed E-state index contributed by atoms with van der Waals surface area (Å²) in [6.07, 6.45) is 7.82. The van der Waals surface area contributed by atoms with Gasteiger partial charge in [0.1, 0.15) is 0 Å². The van der Waals surface area contributed by atoms with Crippen LogP contribution in [-0.4, -0.2) is 16.8 Å². The van der Waals surface area contributed by atoms with E-state index in [4.69, 9.17) is 0 Å². The standard InChI is InChI=1S/C14H22BrNO/c1-2-12(15)14(17)16-13-7-8-6-11(13)10-5-3-4-9(8)10/h8-13H,2-7H2,1H3,(H,16,17). The number of halogens is 1. The third kappa shape index (κ3) is 1.94. The molecule has 0 spiro atoms. The lowest BCUT2D eigenvalue weighted by Gasteiger charge is -2.32. The second-order valence-corrected chi connectivity index (χ2v) is 7.25. The number of hydrogen-bond acceptors (Lipinski definition) is 1. The van der Waals surface area contributed by atoms with Crippen LogP contribution in [0.15, 0.2) is 0 Å². The van der Waals surface area contributed by atoms with Gasteiger partial charge in [-0.25, -0.2) is 0 Å². The maximum atomic E-state index is 11.9. The Morgan fingerprint density at radius 2 is 2.06 bits per heavy atom. The Morgan fingerprint density at radius 3 is 2.82 bits per heavy atom. The maximum Gasteiger partial charge on any atom is 0.233 e. The van der Waals surface area contributed by atoms with E-state index >= 15 is 0 Å². The quantitative estimate of drug-likeness (QED) is 0.797. The Bertz CT molecular complexity index is 319. The average molecular weight is 300 g/mol. The Labute approximate surface area is 112 Å². The molecule has 0 heterocycles. The fourth-order valence-electron chi connectivity index (χ4n) is 4.69. The lowest BCUT2D eigenvalue weighted by molar-refractivity contribution is -0.121. The molecule has 0 aromatic heterocycles. The van der Waals surface area contributed by atoms with Gasteiger partial charge in [0.15, 0.2) is 0 Å². The maximum absolute atomic E-state index is 11.9. The first-order valence-corrected chi connectivity index (χ1v) is 8.06. The van der Waals surface area contributed by atoms with E-state index in [1.165, 1.54) is 32.1 Å². The molecule has 1 N–H and O–H groups in total. The number of carbonyl (C=O) groups is 1. The minimum atomic E-state index is 0.000927. The topological polar surface area (TPSA) is 29.1 Å². The Hall–Kier alpha value is -0.0500. The summed E-state index contributed by atoms with van der Waals surface area (Å²) in [6.45, 7) is 2.05. The number of nitrogens with one attached hydrogen (secondary N) is 1. The highest BCUT2D eigenvalue weighted by atomic mass is 79.9. The molecular formula is C14H22BrNO. The number of amides is 1. The highest BCUT2D eigenvalue weighted by Crippen LogP contribution is 2.58. The van der Waals surface area contributed by atoms with Crippen LogP contribution in [0.5, 0.6) is 0 Å². The Balaban J connectivity index is 1.62. The lowest BCUT2D eigenvalue weighted by atomic mass is 9.79. The first-order chi connectivity index (χ1) is 8.20. The number of fused-ring (bicyclic) bond motifs is 5. The summed E-state index contributed by atoms with van der Waals surface area (Å²) in [7, 11) is 0. The SMILES string of the molecule is CCC(Br)C(=O)NC1CC2CC1C1CCCC21. The molecule has 3 aliphatic rings. The summed E-state index contributed by atoms with van der Waals surface area (Å²) in [5.74, 6) is 3.88. The van der Waals surface area contributed by atoms with Crippen LogP contribution in [0, 0.1) is 23.7 Å². The molecule has 2 bridgehead atoms. The highest BCUT2D eigenvalue weighted by Gasteiger charge is 2.54. The summed E-state index contributed by atoms with van der Waals surface area (Å²) < 4.78 is 0. The predicted molar refractivity (Wildman–Crippen MR) is 72.0 cm³/mol. The van der Waals surface area contributed by atoms with Crippen molar-refractivity contribution in [1.29, 1.82) is 0 Å². The minimum Gasteiger partial charge on any atom is -0.352 e. The molecular weight excluding hydrogens is 278 g/mol. The van der Waals surface area contributed by atoms with Crippen molar-refractivity contribution < 1.29 is 4.79 Å². The molecule has 2 nitrogen and oxygen atoms in total. The molecule has 0 saturated heterocycles. The molecule has 3 heteroatoms. The molecule has 3 fully saturated rings. The monoisotopic (exact) mass is 299 g/mol. The van der Waals surface area contributed by atoms with Gasteiger partial charge >= 0.3 is 0 Å². The molecule has 3 aliphatic carbocycles. The molecule has 3 rings (SSSR count). The van der Waals surface area contributed by atoms with E-state index in [-0.39, 0.29) is 10.7 Å². The van der Waals surface area contributed by atoms with E-state index in [0.29, 0.717) is 6.04 Å². The third-order valence-electron chi connectivity index (χ3n) is 5.40. The van der Waals surface area contributed by atoms with Crippen molar-refractivity contribution in [1.82, 2.24) is 5.32 Å². The molecule has 0 aromatic carbocycles. The van der Waals surface area contributed by atoms with Gasteiger partial charge in [-0.1, -0.05) is 29.3 Å². The Kier molecular flexibility index (Phi) is 3.22. The Morgan fingerprint density at radius 1 is 1.29 bits per heavy atom. The van der Waals surface area contributed by atoms with E-state index in [1.54, 1.807) is 0 Å². The number of alkyl halides is 1. The van der Waals surface area contributed by atoms with Crippen LogP contribution >= 0.6 is 15.9 Å². The lowest BCUT2D eigenvalue weighted by Crippen LogP contribution is -2.45. The van der Waals surface area contributed by atoms with Crippen LogP contribution in [0.4, 0.5) is 0 Å². The van der Waals surface area contributed by atoms with E-state index in [1.807, 2.05) is 6.92 Å². The normalized spacial score (nSPS) is 44.7. The molecule has 3 saturated carbocycles. The van der Waals surface area contributed by atoms with Gasteiger partial charge in [0.2, 0.25) is 5.91 Å². The first kappa shape index (κ1) is 12.0. The van der Waals surface area contributed by atoms with Crippen molar-refractivity contribution in [2.24, 2.45) is 23.7 Å². The van der Waals surface area contributed by atoms with Crippen molar-refractivity contribution in [3.05, 3.63) is 0 Å². The van der Waals surface area contributed by atoms with Crippen molar-refractivity contribution in [3.8, 4) is 0 Å². The van der Waals surface area contributed by atoms with Gasteiger partial charge in [-0.2, -0.15) is 0 Å². The molecule has 0 aliphatic heterocycles. The van der Waals surface area contributed by atoms with E-state index in [0.717, 1.165) is 30.1 Å². The van der Waals surface area contributed by atoms with Crippen molar-refractivity contribution in [2.45, 2.75) is 56.3 Å². The van der Waals surface area contributed by atoms with Crippen LogP contribution in [0.1, 0.15) is 45.4 Å². The summed E-state index contributed by atoms with van der Waals surface area (Å²) in [5, 5.41) is 3.29. The average Bonchev–Trinajstić information content (AvgIpc) is 2.98. The van der Waals surface area contributed by atoms with Crippen LogP contribution in [0.25, 0.3) is 0 Å². The minimum absolute atomic E-state index is 0.000927. The molecule has 17 heavy (non-hydrogen) atoms. The number of rotatable bonds is 3. The van der Waals surface area contributed by atoms with E-state index < -0.39 is 0 Å². The van der Waals surface area contributed by atoms with Crippen LogP contribution in [0.3, 0.4) is 0 Å². The highest BCUT2D eigenvalue weighted by molar-refractivity contribution is 9.10. The van der Waals surface area contributed by atoms with Crippen molar-refractivity contribution in [2.75, 3.05) is 0 Å². The molecule has 0 aromatic rings. The van der Waals surface area contributed by atoms with Gasteiger partial charge in [0, 0.05) is 6.04 Å². The second kappa shape index (κ2) is 4.56. The van der Waals surface area contributed by atoms with E-state index in [2.05, 4.69) is 21.2 Å². The number of hydrogen-bond donors (Lipinski definition) is 1. The zero-order valence-corrected chi connectivity index (χ0v) is 12.1. The van der Waals surface area contributed by atoms with Gasteiger partial charge in [-0.3, -0.25) is 4.79 Å². The summed E-state index contributed by atoms with van der Waals surface area (Å²) in [6, 6.07) is 0.485. The van der Waals surface area contributed by atoms with Crippen LogP contribution in [-0.2, 0) is 4.79 Å². The summed E-state index contributed by atoms with van der Waals surface area (Å²) in [5.41, 5.74) is 0. The van der Waals surface area contributed by atoms with Crippen LogP contribution in [0.2, 0.25) is 0 Å². The summed E-state index contributed by atoms with van der Waals surface area (Å²) >= 11 is 3.45. The van der Waals surface area contributed by atoms with E-state index in [9.17, 15) is 4.79 Å². The zero-order chi connectivity index (χ0) is 12.0. The molecule has 6 unspecified atom stereocenters. The number of carbonyl (C=O) groups excluding carboxylic acids is 1.